The number of aliphatic imine (C=N–C) groups is 1. The van der Waals surface area contributed by atoms with Crippen LogP contribution in [0, 0.1) is 12.8 Å². The third kappa shape index (κ3) is 3.22. The number of nitrogens with one attached hydrogen (secondary N) is 2. The number of rotatable bonds is 3. The molecule has 0 fully saturated rings. The largest absolute Gasteiger partial charge is 0.467 e. The maximum atomic E-state index is 12.6. The quantitative estimate of drug-likeness (QED) is 0.840. The lowest BCUT2D eigenvalue weighted by Crippen LogP contribution is -2.50. The van der Waals surface area contributed by atoms with E-state index in [-0.39, 0.29) is 11.7 Å². The molecule has 7 heteroatoms. The number of guanidine groups is 1. The highest BCUT2D eigenvalue weighted by molar-refractivity contribution is 5.93. The highest BCUT2D eigenvalue weighted by Crippen LogP contribution is 2.30. The molecule has 0 saturated carbocycles. The Morgan fingerprint density at radius 1 is 1.44 bits per heavy atom. The average molecular weight is 339 g/mol. The van der Waals surface area contributed by atoms with Crippen LogP contribution >= 0.6 is 0 Å². The molecular formula is C18H21N5O2. The van der Waals surface area contributed by atoms with Crippen LogP contribution in [0.3, 0.4) is 0 Å². The van der Waals surface area contributed by atoms with E-state index >= 15 is 0 Å². The van der Waals surface area contributed by atoms with Gasteiger partial charge < -0.3 is 9.73 Å². The molecule has 1 aliphatic carbocycles. The van der Waals surface area contributed by atoms with E-state index in [0.717, 1.165) is 25.0 Å². The first-order chi connectivity index (χ1) is 12.2. The summed E-state index contributed by atoms with van der Waals surface area (Å²) in [6, 6.07) is 5.30. The Labute approximate surface area is 145 Å². The highest BCUT2D eigenvalue weighted by atomic mass is 16.3. The predicted octanol–water partition coefficient (Wildman–Crippen LogP) is 2.57. The second-order valence-electron chi connectivity index (χ2n) is 6.43. The second-order valence-corrected chi connectivity index (χ2v) is 6.43. The van der Waals surface area contributed by atoms with Crippen LogP contribution in [0.25, 0.3) is 0 Å². The van der Waals surface area contributed by atoms with Crippen LogP contribution in [0.4, 0.5) is 5.95 Å². The summed E-state index contributed by atoms with van der Waals surface area (Å²) < 4.78 is 7.04. The van der Waals surface area contributed by atoms with Crippen molar-refractivity contribution in [3.63, 3.8) is 0 Å². The van der Waals surface area contributed by atoms with Gasteiger partial charge in [-0.15, -0.1) is 0 Å². The third-order valence-electron chi connectivity index (χ3n) is 4.60. The van der Waals surface area contributed by atoms with E-state index in [4.69, 9.17) is 4.42 Å². The summed E-state index contributed by atoms with van der Waals surface area (Å²) in [7, 11) is 0. The number of fused-ring (bicyclic) bond motifs is 1. The summed E-state index contributed by atoms with van der Waals surface area (Å²) >= 11 is 0. The Morgan fingerprint density at radius 2 is 2.36 bits per heavy atom. The van der Waals surface area contributed by atoms with E-state index < -0.39 is 0 Å². The zero-order valence-electron chi connectivity index (χ0n) is 14.1. The minimum atomic E-state index is -0.155. The molecule has 7 nitrogen and oxygen atoms in total. The van der Waals surface area contributed by atoms with Crippen molar-refractivity contribution in [2.24, 2.45) is 10.9 Å². The van der Waals surface area contributed by atoms with Crippen LogP contribution in [0.15, 0.2) is 50.8 Å². The minimum Gasteiger partial charge on any atom is -0.467 e. The van der Waals surface area contributed by atoms with Gasteiger partial charge in [0.25, 0.3) is 5.56 Å². The number of furan rings is 1. The van der Waals surface area contributed by atoms with Gasteiger partial charge in [0.1, 0.15) is 18.5 Å². The van der Waals surface area contributed by atoms with E-state index in [1.807, 2.05) is 19.1 Å². The minimum absolute atomic E-state index is 0.0489. The molecule has 130 valence electrons. The summed E-state index contributed by atoms with van der Waals surface area (Å²) in [5, 5.41) is 6.53. The first-order valence-corrected chi connectivity index (χ1v) is 8.56. The normalized spacial score (nSPS) is 23.8. The van der Waals surface area contributed by atoms with Crippen molar-refractivity contribution in [2.75, 3.05) is 5.32 Å². The fourth-order valence-electron chi connectivity index (χ4n) is 3.39. The predicted molar refractivity (Wildman–Crippen MR) is 95.4 cm³/mol. The number of hydrogen-bond donors (Lipinski definition) is 2. The van der Waals surface area contributed by atoms with E-state index in [9.17, 15) is 4.79 Å². The lowest BCUT2D eigenvalue weighted by atomic mass is 9.91. The van der Waals surface area contributed by atoms with E-state index in [2.05, 4.69) is 32.8 Å². The molecule has 0 aromatic carbocycles. The van der Waals surface area contributed by atoms with Gasteiger partial charge in [0, 0.05) is 17.7 Å². The molecule has 0 radical (unpaired) electrons. The van der Waals surface area contributed by atoms with Gasteiger partial charge in [0.05, 0.1) is 6.26 Å². The molecule has 3 heterocycles. The number of nitrogens with zero attached hydrogens (tertiary/aromatic N) is 3. The third-order valence-corrected chi connectivity index (χ3v) is 4.60. The second kappa shape index (κ2) is 6.58. The molecule has 0 bridgehead atoms. The summed E-state index contributed by atoms with van der Waals surface area (Å²) in [5.74, 6) is 2.27. The Bertz CT molecular complexity index is 866. The maximum Gasteiger partial charge on any atom is 0.256 e. The van der Waals surface area contributed by atoms with E-state index in [0.29, 0.717) is 30.1 Å². The maximum absolute atomic E-state index is 12.6. The van der Waals surface area contributed by atoms with Crippen LogP contribution in [0.5, 0.6) is 0 Å². The SMILES string of the molecule is Cc1cc(=O)n2c(n1)NC(=NCc1ccco1)NC2C1CC=CCC1. The fraction of sp³-hybridized carbons (Fsp3) is 0.389. The summed E-state index contributed by atoms with van der Waals surface area (Å²) in [5.41, 5.74) is 0.644. The Hall–Kier alpha value is -2.83. The van der Waals surface area contributed by atoms with Gasteiger partial charge in [-0.1, -0.05) is 12.2 Å². The van der Waals surface area contributed by atoms with Gasteiger partial charge in [-0.05, 0) is 38.3 Å². The number of aromatic nitrogens is 2. The summed E-state index contributed by atoms with van der Waals surface area (Å²) in [6.45, 7) is 2.25. The van der Waals surface area contributed by atoms with Crippen LogP contribution in [-0.4, -0.2) is 15.5 Å². The Morgan fingerprint density at radius 3 is 3.12 bits per heavy atom. The van der Waals surface area contributed by atoms with Crippen LogP contribution in [0.1, 0.15) is 36.9 Å². The molecule has 2 unspecified atom stereocenters. The van der Waals surface area contributed by atoms with Gasteiger partial charge in [0.2, 0.25) is 5.95 Å². The molecule has 2 atom stereocenters. The van der Waals surface area contributed by atoms with Crippen molar-refractivity contribution >= 4 is 11.9 Å². The van der Waals surface area contributed by atoms with Crippen molar-refractivity contribution in [3.8, 4) is 0 Å². The van der Waals surface area contributed by atoms with Crippen LogP contribution in [0.2, 0.25) is 0 Å². The Balaban J connectivity index is 1.68. The molecule has 0 spiro atoms. The Kier molecular flexibility index (Phi) is 4.13. The topological polar surface area (TPSA) is 84.5 Å². The molecule has 0 saturated heterocycles. The smallest absolute Gasteiger partial charge is 0.256 e. The number of aryl methyl sites for hydroxylation is 1. The molecule has 4 rings (SSSR count). The molecule has 25 heavy (non-hydrogen) atoms. The molecule has 2 aromatic heterocycles. The first-order valence-electron chi connectivity index (χ1n) is 8.56. The van der Waals surface area contributed by atoms with Crippen molar-refractivity contribution in [2.45, 2.75) is 38.9 Å². The fourth-order valence-corrected chi connectivity index (χ4v) is 3.39. The van der Waals surface area contributed by atoms with Gasteiger partial charge >= 0.3 is 0 Å². The van der Waals surface area contributed by atoms with E-state index in [1.165, 1.54) is 0 Å². The molecular weight excluding hydrogens is 318 g/mol. The lowest BCUT2D eigenvalue weighted by Gasteiger charge is -2.36. The van der Waals surface area contributed by atoms with Crippen molar-refractivity contribution in [1.29, 1.82) is 0 Å². The van der Waals surface area contributed by atoms with Crippen LogP contribution < -0.4 is 16.2 Å². The van der Waals surface area contributed by atoms with Crippen molar-refractivity contribution in [3.05, 3.63) is 58.4 Å². The standard InChI is InChI=1S/C18H21N5O2/c1-12-10-15(24)23-16(13-6-3-2-4-7-13)21-17(22-18(23)20-12)19-11-14-8-5-9-25-14/h2-3,5,8-10,13,16H,4,6-7,11H2,1H3,(H2,19,20,21,22). The molecule has 1 aliphatic heterocycles. The zero-order chi connectivity index (χ0) is 17.2. The number of anilines is 1. The van der Waals surface area contributed by atoms with Gasteiger partial charge in [-0.25, -0.2) is 9.98 Å². The van der Waals surface area contributed by atoms with E-state index in [1.54, 1.807) is 16.9 Å². The van der Waals surface area contributed by atoms with Crippen molar-refractivity contribution < 1.29 is 4.42 Å². The lowest BCUT2D eigenvalue weighted by molar-refractivity contribution is 0.276. The zero-order valence-corrected chi connectivity index (χ0v) is 14.1. The monoisotopic (exact) mass is 339 g/mol. The number of allylic oxidation sites excluding steroid dienone is 2. The summed E-state index contributed by atoms with van der Waals surface area (Å²) in [6.07, 6.45) is 8.84. The first kappa shape index (κ1) is 15.7. The van der Waals surface area contributed by atoms with Gasteiger partial charge in [0.15, 0.2) is 5.96 Å². The molecule has 2 N–H and O–H groups in total. The van der Waals surface area contributed by atoms with Gasteiger partial charge in [-0.3, -0.25) is 14.7 Å². The van der Waals surface area contributed by atoms with Crippen molar-refractivity contribution in [1.82, 2.24) is 14.9 Å². The molecule has 0 amide bonds. The summed E-state index contributed by atoms with van der Waals surface area (Å²) in [4.78, 5) is 21.6. The van der Waals surface area contributed by atoms with Gasteiger partial charge in [-0.2, -0.15) is 0 Å². The number of hydrogen-bond acceptors (Lipinski definition) is 4. The molecule has 2 aromatic rings. The molecule has 2 aliphatic rings. The average Bonchev–Trinajstić information content (AvgIpc) is 3.13. The van der Waals surface area contributed by atoms with Crippen LogP contribution in [-0.2, 0) is 6.54 Å². The highest BCUT2D eigenvalue weighted by Gasteiger charge is 2.31.